The molecule has 1 aliphatic heterocycles. The second-order valence-corrected chi connectivity index (χ2v) is 7.53. The number of benzene rings is 1. The number of amides is 1. The Hall–Kier alpha value is -3.08. The van der Waals surface area contributed by atoms with Crippen molar-refractivity contribution in [3.63, 3.8) is 0 Å². The first-order chi connectivity index (χ1) is 13.8. The van der Waals surface area contributed by atoms with Crippen LogP contribution < -0.4 is 10.2 Å². The van der Waals surface area contributed by atoms with E-state index >= 15 is 0 Å². The van der Waals surface area contributed by atoms with Gasteiger partial charge in [0.2, 0.25) is 5.91 Å². The number of likely N-dealkylation sites (N-methyl/N-ethyl adjacent to an activating group) is 1. The number of fused-ring (bicyclic) bond motifs is 1. The first-order valence-electron chi connectivity index (χ1n) is 9.80. The fraction of sp³-hybridized carbons (Fsp3) is 0.333. The maximum atomic E-state index is 12.0. The van der Waals surface area contributed by atoms with Crippen LogP contribution in [0.25, 0.3) is 5.57 Å². The molecule has 154 valence electrons. The largest absolute Gasteiger partial charge is 0.393 e. The van der Waals surface area contributed by atoms with Gasteiger partial charge in [0, 0.05) is 45.3 Å². The Kier molecular flexibility index (Phi) is 7.59. The average Bonchev–Trinajstić information content (AvgIpc) is 2.97. The molecule has 0 bridgehead atoms. The summed E-state index contributed by atoms with van der Waals surface area (Å²) in [6.45, 7) is 6.26. The summed E-state index contributed by atoms with van der Waals surface area (Å²) in [5, 5.41) is 3.11. The van der Waals surface area contributed by atoms with Crippen LogP contribution >= 0.6 is 0 Å². The minimum Gasteiger partial charge on any atom is -0.393 e. The molecule has 0 fully saturated rings. The van der Waals surface area contributed by atoms with Crippen molar-refractivity contribution in [2.24, 2.45) is 0 Å². The van der Waals surface area contributed by atoms with E-state index in [1.807, 2.05) is 58.7 Å². The summed E-state index contributed by atoms with van der Waals surface area (Å²) in [5.41, 5.74) is 6.05. The highest BCUT2D eigenvalue weighted by atomic mass is 16.2. The molecule has 0 atom stereocenters. The van der Waals surface area contributed by atoms with E-state index in [0.717, 1.165) is 39.8 Å². The molecule has 1 aromatic carbocycles. The van der Waals surface area contributed by atoms with Crippen LogP contribution in [0.2, 0.25) is 0 Å². The molecule has 0 saturated heterocycles. The molecule has 1 aromatic rings. The highest BCUT2D eigenvalue weighted by Crippen LogP contribution is 2.31. The van der Waals surface area contributed by atoms with Gasteiger partial charge in [-0.3, -0.25) is 9.59 Å². The summed E-state index contributed by atoms with van der Waals surface area (Å²) >= 11 is 0. The summed E-state index contributed by atoms with van der Waals surface area (Å²) in [5.74, 6) is 0.115. The van der Waals surface area contributed by atoms with Gasteiger partial charge in [-0.25, -0.2) is 0 Å². The fourth-order valence-electron chi connectivity index (χ4n) is 3.12. The Bertz CT molecular complexity index is 891. The van der Waals surface area contributed by atoms with Crippen LogP contribution in [-0.4, -0.2) is 44.3 Å². The zero-order valence-electron chi connectivity index (χ0n) is 18.2. The van der Waals surface area contributed by atoms with Crippen molar-refractivity contribution < 1.29 is 9.59 Å². The third-order valence-electron chi connectivity index (χ3n) is 5.13. The SMILES string of the molecule is CN\C=C(/C=C(C)/C(/C=C\C=O)=C/N(C)C(C)C)c1ccc2c(c1)CC(=O)N2C. The predicted octanol–water partition coefficient (Wildman–Crippen LogP) is 3.69. The molecular weight excluding hydrogens is 362 g/mol. The Morgan fingerprint density at radius 1 is 1.31 bits per heavy atom. The number of hydrogen-bond donors (Lipinski definition) is 1. The normalized spacial score (nSPS) is 15.3. The van der Waals surface area contributed by atoms with Crippen LogP contribution in [0.5, 0.6) is 0 Å². The van der Waals surface area contributed by atoms with Gasteiger partial charge in [-0.15, -0.1) is 0 Å². The monoisotopic (exact) mass is 393 g/mol. The number of carbonyl (C=O) groups is 2. The van der Waals surface area contributed by atoms with Crippen LogP contribution in [0, 0.1) is 0 Å². The van der Waals surface area contributed by atoms with Gasteiger partial charge in [0.05, 0.1) is 6.42 Å². The molecule has 1 N–H and O–H groups in total. The minimum absolute atomic E-state index is 0.115. The predicted molar refractivity (Wildman–Crippen MR) is 121 cm³/mol. The van der Waals surface area contributed by atoms with Gasteiger partial charge in [0.15, 0.2) is 0 Å². The Balaban J connectivity index is 2.44. The van der Waals surface area contributed by atoms with E-state index in [1.54, 1.807) is 4.90 Å². The number of anilines is 1. The Morgan fingerprint density at radius 2 is 2.03 bits per heavy atom. The van der Waals surface area contributed by atoms with Crippen LogP contribution in [0.3, 0.4) is 0 Å². The molecule has 29 heavy (non-hydrogen) atoms. The summed E-state index contributed by atoms with van der Waals surface area (Å²) in [4.78, 5) is 26.7. The van der Waals surface area contributed by atoms with Crippen LogP contribution in [0.1, 0.15) is 31.9 Å². The van der Waals surface area contributed by atoms with Gasteiger partial charge in [-0.1, -0.05) is 12.1 Å². The number of allylic oxidation sites excluding steroid dienone is 6. The molecule has 1 amide bonds. The van der Waals surface area contributed by atoms with Gasteiger partial charge in [0.1, 0.15) is 6.29 Å². The van der Waals surface area contributed by atoms with E-state index in [-0.39, 0.29) is 5.91 Å². The summed E-state index contributed by atoms with van der Waals surface area (Å²) < 4.78 is 0. The van der Waals surface area contributed by atoms with Gasteiger partial charge >= 0.3 is 0 Å². The molecular formula is C24H31N3O2. The lowest BCUT2D eigenvalue weighted by Crippen LogP contribution is -2.20. The van der Waals surface area contributed by atoms with E-state index in [9.17, 15) is 9.59 Å². The van der Waals surface area contributed by atoms with E-state index in [2.05, 4.69) is 36.2 Å². The molecule has 0 spiro atoms. The van der Waals surface area contributed by atoms with Gasteiger partial charge in [0.25, 0.3) is 0 Å². The van der Waals surface area contributed by atoms with E-state index in [1.165, 1.54) is 6.08 Å². The highest BCUT2D eigenvalue weighted by Gasteiger charge is 2.24. The number of carbonyl (C=O) groups excluding carboxylic acids is 2. The molecule has 0 unspecified atom stereocenters. The summed E-state index contributed by atoms with van der Waals surface area (Å²) in [6.07, 6.45) is 10.6. The first kappa shape index (κ1) is 22.2. The number of aldehydes is 1. The molecule has 1 aliphatic rings. The molecule has 0 aliphatic carbocycles. The third-order valence-corrected chi connectivity index (χ3v) is 5.13. The molecule has 0 saturated carbocycles. The third kappa shape index (κ3) is 5.47. The highest BCUT2D eigenvalue weighted by molar-refractivity contribution is 6.01. The number of nitrogens with one attached hydrogen (secondary N) is 1. The zero-order valence-corrected chi connectivity index (χ0v) is 18.2. The molecule has 5 nitrogen and oxygen atoms in total. The maximum Gasteiger partial charge on any atom is 0.231 e. The van der Waals surface area contributed by atoms with Crippen LogP contribution in [0.4, 0.5) is 5.69 Å². The second kappa shape index (κ2) is 9.92. The number of rotatable bonds is 8. The quantitative estimate of drug-likeness (QED) is 0.416. The van der Waals surface area contributed by atoms with Crippen molar-refractivity contribution in [2.75, 3.05) is 26.0 Å². The molecule has 2 rings (SSSR count). The van der Waals surface area contributed by atoms with Gasteiger partial charge in [-0.05, 0) is 72.9 Å². The van der Waals surface area contributed by atoms with Crippen molar-refractivity contribution >= 4 is 23.5 Å². The first-order valence-corrected chi connectivity index (χ1v) is 9.80. The van der Waals surface area contributed by atoms with Crippen LogP contribution in [-0.2, 0) is 16.0 Å². The molecule has 0 aromatic heterocycles. The van der Waals surface area contributed by atoms with Crippen molar-refractivity contribution in [2.45, 2.75) is 33.2 Å². The Labute approximate surface area is 174 Å². The van der Waals surface area contributed by atoms with Gasteiger partial charge < -0.3 is 15.1 Å². The number of hydrogen-bond acceptors (Lipinski definition) is 4. The second-order valence-electron chi connectivity index (χ2n) is 7.53. The lowest BCUT2D eigenvalue weighted by Gasteiger charge is -2.20. The molecule has 0 radical (unpaired) electrons. The van der Waals surface area contributed by atoms with Crippen molar-refractivity contribution in [3.8, 4) is 0 Å². The topological polar surface area (TPSA) is 52.7 Å². The standard InChI is InChI=1S/C24H31N3O2/c1-17(2)26(5)16-20(8-7-11-28)18(3)12-22(15-25-4)19-9-10-23-21(13-19)14-24(29)27(23)6/h7-13,15-17,25H,14H2,1-6H3/b8-7-,18-12+,20-16+,22-15+. The summed E-state index contributed by atoms with van der Waals surface area (Å²) in [6, 6.07) is 6.46. The smallest absolute Gasteiger partial charge is 0.231 e. The van der Waals surface area contributed by atoms with Crippen molar-refractivity contribution in [3.05, 3.63) is 71.1 Å². The maximum absolute atomic E-state index is 12.0. The minimum atomic E-state index is 0.115. The summed E-state index contributed by atoms with van der Waals surface area (Å²) in [7, 11) is 5.69. The van der Waals surface area contributed by atoms with E-state index in [4.69, 9.17) is 0 Å². The Morgan fingerprint density at radius 3 is 2.66 bits per heavy atom. The van der Waals surface area contributed by atoms with Crippen molar-refractivity contribution in [1.29, 1.82) is 0 Å². The lowest BCUT2D eigenvalue weighted by atomic mass is 9.98. The van der Waals surface area contributed by atoms with Gasteiger partial charge in [-0.2, -0.15) is 0 Å². The van der Waals surface area contributed by atoms with E-state index in [0.29, 0.717) is 12.5 Å². The fourth-order valence-corrected chi connectivity index (χ4v) is 3.12. The number of nitrogens with zero attached hydrogens (tertiary/aromatic N) is 2. The zero-order chi connectivity index (χ0) is 21.6. The van der Waals surface area contributed by atoms with Crippen LogP contribution in [0.15, 0.2) is 60.0 Å². The average molecular weight is 394 g/mol. The van der Waals surface area contributed by atoms with E-state index < -0.39 is 0 Å². The van der Waals surface area contributed by atoms with Crippen molar-refractivity contribution in [1.82, 2.24) is 10.2 Å². The molecule has 1 heterocycles. The molecule has 5 heteroatoms. The lowest BCUT2D eigenvalue weighted by molar-refractivity contribution is -0.117.